The second-order valence-corrected chi connectivity index (χ2v) is 8.86. The first kappa shape index (κ1) is 24.1. The second kappa shape index (κ2) is 10.0. The highest BCUT2D eigenvalue weighted by Crippen LogP contribution is 2.33. The van der Waals surface area contributed by atoms with Crippen LogP contribution < -0.4 is 15.0 Å². The molecule has 6 nitrogen and oxygen atoms in total. The van der Waals surface area contributed by atoms with Crippen LogP contribution in [0, 0.1) is 5.92 Å². The molecular weight excluding hydrogens is 447 g/mol. The number of nitrogens with zero attached hydrogens (tertiary/aromatic N) is 2. The monoisotopic (exact) mass is 475 g/mol. The predicted molar refractivity (Wildman–Crippen MR) is 121 cm³/mol. The number of nitrogens with one attached hydrogen (secondary N) is 1. The topological polar surface area (TPSA) is 61.9 Å². The lowest BCUT2D eigenvalue weighted by molar-refractivity contribution is -0.137. The molecule has 2 aliphatic rings. The molecule has 0 saturated carbocycles. The van der Waals surface area contributed by atoms with Gasteiger partial charge in [0.05, 0.1) is 18.6 Å². The van der Waals surface area contributed by atoms with Crippen molar-refractivity contribution in [3.63, 3.8) is 0 Å². The van der Waals surface area contributed by atoms with Crippen molar-refractivity contribution in [2.45, 2.75) is 38.0 Å². The van der Waals surface area contributed by atoms with Crippen LogP contribution in [0.25, 0.3) is 0 Å². The number of likely N-dealkylation sites (tertiary alicyclic amines) is 1. The fraction of sp³-hybridized carbons (Fsp3) is 0.440. The van der Waals surface area contributed by atoms with Crippen molar-refractivity contribution in [1.29, 1.82) is 0 Å². The van der Waals surface area contributed by atoms with E-state index in [0.717, 1.165) is 50.4 Å². The third-order valence-corrected chi connectivity index (χ3v) is 6.46. The van der Waals surface area contributed by atoms with Gasteiger partial charge < -0.3 is 15.0 Å². The minimum absolute atomic E-state index is 0.00321. The number of benzene rings is 2. The molecular formula is C25H28F3N3O3. The fourth-order valence-corrected chi connectivity index (χ4v) is 4.57. The fourth-order valence-electron chi connectivity index (χ4n) is 4.57. The summed E-state index contributed by atoms with van der Waals surface area (Å²) in [6.07, 6.45) is -2.89. The minimum Gasteiger partial charge on any atom is -0.497 e. The van der Waals surface area contributed by atoms with E-state index in [9.17, 15) is 22.8 Å². The highest BCUT2D eigenvalue weighted by atomic mass is 19.4. The molecule has 1 atom stereocenters. The standard InChI is InChI=1S/C25H28F3N3O3/c1-34-22-7-2-4-17(12-22)15-30-10-8-20(9-11-30)29-24(33)18-13-23(32)31(16-18)21-6-3-5-19(14-21)25(26,27)28/h2-7,12,14,18,20H,8-11,13,15-16H2,1H3,(H,29,33). The molecule has 1 unspecified atom stereocenters. The molecule has 2 saturated heterocycles. The first-order valence-electron chi connectivity index (χ1n) is 11.4. The quantitative estimate of drug-likeness (QED) is 0.690. The summed E-state index contributed by atoms with van der Waals surface area (Å²) >= 11 is 0. The molecule has 1 N–H and O–H groups in total. The SMILES string of the molecule is COc1cccc(CN2CCC(NC(=O)C3CC(=O)N(c4cccc(C(F)(F)F)c4)C3)CC2)c1. The highest BCUT2D eigenvalue weighted by molar-refractivity contribution is 6.00. The Morgan fingerprint density at radius 3 is 2.56 bits per heavy atom. The molecule has 9 heteroatoms. The number of alkyl halides is 3. The molecule has 2 heterocycles. The van der Waals surface area contributed by atoms with Gasteiger partial charge in [-0.1, -0.05) is 18.2 Å². The van der Waals surface area contributed by atoms with Gasteiger partial charge in [0.2, 0.25) is 11.8 Å². The van der Waals surface area contributed by atoms with Crippen LogP contribution in [-0.2, 0) is 22.3 Å². The molecule has 0 spiro atoms. The summed E-state index contributed by atoms with van der Waals surface area (Å²) in [5, 5.41) is 3.05. The zero-order valence-corrected chi connectivity index (χ0v) is 19.0. The van der Waals surface area contributed by atoms with Gasteiger partial charge in [0.15, 0.2) is 0 Å². The van der Waals surface area contributed by atoms with Gasteiger partial charge in [-0.25, -0.2) is 0 Å². The zero-order valence-electron chi connectivity index (χ0n) is 19.0. The number of ether oxygens (including phenoxy) is 1. The van der Waals surface area contributed by atoms with Gasteiger partial charge in [-0.2, -0.15) is 13.2 Å². The van der Waals surface area contributed by atoms with E-state index in [2.05, 4.69) is 16.3 Å². The van der Waals surface area contributed by atoms with Crippen LogP contribution in [0.2, 0.25) is 0 Å². The summed E-state index contributed by atoms with van der Waals surface area (Å²) in [6.45, 7) is 2.56. The zero-order chi connectivity index (χ0) is 24.3. The number of hydrogen-bond acceptors (Lipinski definition) is 4. The summed E-state index contributed by atoms with van der Waals surface area (Å²) in [5.74, 6) is -0.302. The van der Waals surface area contributed by atoms with Gasteiger partial charge in [0.25, 0.3) is 0 Å². The van der Waals surface area contributed by atoms with Gasteiger partial charge in [-0.15, -0.1) is 0 Å². The number of methoxy groups -OCH3 is 1. The van der Waals surface area contributed by atoms with Gasteiger partial charge in [-0.05, 0) is 48.7 Å². The molecule has 0 aromatic heterocycles. The molecule has 0 aliphatic carbocycles. The number of amides is 2. The normalized spacial score (nSPS) is 19.9. The van der Waals surface area contributed by atoms with Gasteiger partial charge >= 0.3 is 6.18 Å². The van der Waals surface area contributed by atoms with Crippen molar-refractivity contribution in [1.82, 2.24) is 10.2 Å². The van der Waals surface area contributed by atoms with Crippen LogP contribution in [0.1, 0.15) is 30.4 Å². The Morgan fingerprint density at radius 1 is 1.12 bits per heavy atom. The average molecular weight is 476 g/mol. The molecule has 2 fully saturated rings. The van der Waals surface area contributed by atoms with Crippen molar-refractivity contribution in [3.8, 4) is 5.75 Å². The Kier molecular flexibility index (Phi) is 7.11. The van der Waals surface area contributed by atoms with E-state index < -0.39 is 17.7 Å². The number of carbonyl (C=O) groups excluding carboxylic acids is 2. The van der Waals surface area contributed by atoms with Gasteiger partial charge in [0.1, 0.15) is 5.75 Å². The van der Waals surface area contributed by atoms with Crippen LogP contribution in [0.5, 0.6) is 5.75 Å². The first-order valence-corrected chi connectivity index (χ1v) is 11.4. The Balaban J connectivity index is 1.28. The number of anilines is 1. The van der Waals surface area contributed by atoms with E-state index in [0.29, 0.717) is 0 Å². The number of carbonyl (C=O) groups is 2. The number of halogens is 3. The van der Waals surface area contributed by atoms with Crippen LogP contribution in [0.15, 0.2) is 48.5 Å². The Hall–Kier alpha value is -3.07. The van der Waals surface area contributed by atoms with Crippen molar-refractivity contribution in [2.75, 3.05) is 31.6 Å². The minimum atomic E-state index is -4.49. The Labute approximate surface area is 196 Å². The van der Waals surface area contributed by atoms with Crippen LogP contribution in [0.4, 0.5) is 18.9 Å². The predicted octanol–water partition coefficient (Wildman–Crippen LogP) is 3.85. The van der Waals surface area contributed by atoms with E-state index in [1.54, 1.807) is 7.11 Å². The van der Waals surface area contributed by atoms with Crippen LogP contribution in [-0.4, -0.2) is 49.5 Å². The van der Waals surface area contributed by atoms with Crippen molar-refractivity contribution in [2.24, 2.45) is 5.92 Å². The maximum Gasteiger partial charge on any atom is 0.416 e. The molecule has 2 aliphatic heterocycles. The number of hydrogen-bond donors (Lipinski definition) is 1. The van der Waals surface area contributed by atoms with E-state index in [-0.39, 0.29) is 36.5 Å². The lowest BCUT2D eigenvalue weighted by Crippen LogP contribution is -2.46. The molecule has 182 valence electrons. The van der Waals surface area contributed by atoms with E-state index in [4.69, 9.17) is 4.74 Å². The summed E-state index contributed by atoms with van der Waals surface area (Å²) < 4.78 is 44.3. The Morgan fingerprint density at radius 2 is 1.85 bits per heavy atom. The average Bonchev–Trinajstić information content (AvgIpc) is 3.22. The van der Waals surface area contributed by atoms with E-state index >= 15 is 0 Å². The third-order valence-electron chi connectivity index (χ3n) is 6.46. The third kappa shape index (κ3) is 5.70. The molecule has 0 radical (unpaired) electrons. The number of piperidine rings is 1. The Bertz CT molecular complexity index is 1040. The highest BCUT2D eigenvalue weighted by Gasteiger charge is 2.37. The van der Waals surface area contributed by atoms with Crippen molar-refractivity contribution in [3.05, 3.63) is 59.7 Å². The summed E-state index contributed by atoms with van der Waals surface area (Å²) in [7, 11) is 1.64. The van der Waals surface area contributed by atoms with Crippen molar-refractivity contribution >= 4 is 17.5 Å². The lowest BCUT2D eigenvalue weighted by Gasteiger charge is -2.33. The first-order chi connectivity index (χ1) is 16.2. The molecule has 2 aromatic rings. The molecule has 2 amide bonds. The summed E-state index contributed by atoms with van der Waals surface area (Å²) in [5.41, 5.74) is 0.522. The summed E-state index contributed by atoms with van der Waals surface area (Å²) in [4.78, 5) is 28.9. The van der Waals surface area contributed by atoms with Gasteiger partial charge in [-0.3, -0.25) is 14.5 Å². The van der Waals surface area contributed by atoms with E-state index in [1.165, 1.54) is 22.6 Å². The molecule has 34 heavy (non-hydrogen) atoms. The van der Waals surface area contributed by atoms with Crippen molar-refractivity contribution < 1.29 is 27.5 Å². The molecule has 4 rings (SSSR count). The lowest BCUT2D eigenvalue weighted by atomic mass is 10.0. The van der Waals surface area contributed by atoms with E-state index in [1.807, 2.05) is 18.2 Å². The summed E-state index contributed by atoms with van der Waals surface area (Å²) in [6, 6.07) is 12.6. The second-order valence-electron chi connectivity index (χ2n) is 8.86. The van der Waals surface area contributed by atoms with Gasteiger partial charge in [0, 0.05) is 44.3 Å². The molecule has 0 bridgehead atoms. The molecule has 2 aromatic carbocycles. The largest absolute Gasteiger partial charge is 0.497 e. The smallest absolute Gasteiger partial charge is 0.416 e. The van der Waals surface area contributed by atoms with Crippen LogP contribution in [0.3, 0.4) is 0 Å². The van der Waals surface area contributed by atoms with Crippen LogP contribution >= 0.6 is 0 Å². The maximum absolute atomic E-state index is 13.0. The maximum atomic E-state index is 13.0. The number of rotatable bonds is 6.